The quantitative estimate of drug-likeness (QED) is 0.572. The Bertz CT molecular complexity index is 472. The van der Waals surface area contributed by atoms with E-state index in [0.29, 0.717) is 5.56 Å². The summed E-state index contributed by atoms with van der Waals surface area (Å²) in [6, 6.07) is 12.2. The van der Waals surface area contributed by atoms with Crippen LogP contribution in [0.25, 0.3) is 0 Å². The summed E-state index contributed by atoms with van der Waals surface area (Å²) in [7, 11) is 0. The predicted molar refractivity (Wildman–Crippen MR) is 68.6 cm³/mol. The van der Waals surface area contributed by atoms with E-state index in [9.17, 15) is 4.79 Å². The SMILES string of the molecule is CCOC(=O)C(c1ccccc1)N(CC#N)CC#N. The molecule has 0 heterocycles. The van der Waals surface area contributed by atoms with Crippen molar-refractivity contribution in [3.63, 3.8) is 0 Å². The van der Waals surface area contributed by atoms with Gasteiger partial charge >= 0.3 is 5.97 Å². The van der Waals surface area contributed by atoms with Crippen LogP contribution < -0.4 is 0 Å². The number of esters is 1. The van der Waals surface area contributed by atoms with Crippen LogP contribution in [0.2, 0.25) is 0 Å². The molecule has 0 radical (unpaired) electrons. The molecule has 1 unspecified atom stereocenters. The Balaban J connectivity index is 3.07. The molecule has 0 saturated carbocycles. The van der Waals surface area contributed by atoms with Crippen LogP contribution in [0, 0.1) is 22.7 Å². The first-order valence-electron chi connectivity index (χ1n) is 5.94. The van der Waals surface area contributed by atoms with Gasteiger partial charge in [0, 0.05) is 0 Å². The number of ether oxygens (including phenoxy) is 1. The molecule has 0 saturated heterocycles. The van der Waals surface area contributed by atoms with Crippen LogP contribution in [0.1, 0.15) is 18.5 Å². The summed E-state index contributed by atoms with van der Waals surface area (Å²) < 4.78 is 5.03. The zero-order chi connectivity index (χ0) is 14.1. The zero-order valence-electron chi connectivity index (χ0n) is 10.7. The fraction of sp³-hybridized carbons (Fsp3) is 0.357. The molecule has 5 nitrogen and oxygen atoms in total. The van der Waals surface area contributed by atoms with Crippen LogP contribution in [0.5, 0.6) is 0 Å². The molecule has 0 fully saturated rings. The largest absolute Gasteiger partial charge is 0.465 e. The molecular weight excluding hydrogens is 242 g/mol. The molecule has 0 bridgehead atoms. The fourth-order valence-corrected chi connectivity index (χ4v) is 1.77. The number of benzene rings is 1. The molecule has 0 aliphatic heterocycles. The van der Waals surface area contributed by atoms with Crippen molar-refractivity contribution in [2.75, 3.05) is 19.7 Å². The van der Waals surface area contributed by atoms with Crippen LogP contribution in [0.15, 0.2) is 30.3 Å². The van der Waals surface area contributed by atoms with Gasteiger partial charge in [0.25, 0.3) is 0 Å². The highest BCUT2D eigenvalue weighted by Crippen LogP contribution is 2.21. The highest BCUT2D eigenvalue weighted by atomic mass is 16.5. The van der Waals surface area contributed by atoms with Gasteiger partial charge in [-0.3, -0.25) is 4.90 Å². The number of rotatable bonds is 6. The Morgan fingerprint density at radius 2 is 1.84 bits per heavy atom. The number of hydrogen-bond acceptors (Lipinski definition) is 5. The van der Waals surface area contributed by atoms with Crippen LogP contribution in [0.4, 0.5) is 0 Å². The molecule has 0 amide bonds. The van der Waals surface area contributed by atoms with E-state index in [0.717, 1.165) is 0 Å². The molecule has 0 aromatic heterocycles. The van der Waals surface area contributed by atoms with E-state index in [4.69, 9.17) is 15.3 Å². The van der Waals surface area contributed by atoms with Gasteiger partial charge in [0.1, 0.15) is 6.04 Å². The number of carbonyl (C=O) groups excluding carboxylic acids is 1. The maximum absolute atomic E-state index is 12.1. The summed E-state index contributed by atoms with van der Waals surface area (Å²) in [6.45, 7) is 1.96. The lowest BCUT2D eigenvalue weighted by molar-refractivity contribution is -0.149. The lowest BCUT2D eigenvalue weighted by atomic mass is 10.1. The molecule has 1 aromatic carbocycles. The van der Waals surface area contributed by atoms with Gasteiger partial charge in [-0.1, -0.05) is 30.3 Å². The number of nitrogens with zero attached hydrogens (tertiary/aromatic N) is 3. The predicted octanol–water partition coefficient (Wildman–Crippen LogP) is 1.64. The third kappa shape index (κ3) is 4.09. The van der Waals surface area contributed by atoms with Crippen molar-refractivity contribution in [3.8, 4) is 12.1 Å². The monoisotopic (exact) mass is 257 g/mol. The summed E-state index contributed by atoms with van der Waals surface area (Å²) >= 11 is 0. The summed E-state index contributed by atoms with van der Waals surface area (Å²) in [4.78, 5) is 13.5. The first kappa shape index (κ1) is 14.7. The van der Waals surface area contributed by atoms with Gasteiger partial charge in [0.2, 0.25) is 0 Å². The Hall–Kier alpha value is -2.37. The Morgan fingerprint density at radius 1 is 1.26 bits per heavy atom. The van der Waals surface area contributed by atoms with Gasteiger partial charge in [0.15, 0.2) is 0 Å². The molecule has 5 heteroatoms. The minimum atomic E-state index is -0.722. The van der Waals surface area contributed by atoms with Crippen molar-refractivity contribution in [1.82, 2.24) is 4.90 Å². The Labute approximate surface area is 112 Å². The molecule has 0 N–H and O–H groups in total. The van der Waals surface area contributed by atoms with E-state index in [-0.39, 0.29) is 19.7 Å². The molecule has 0 spiro atoms. The van der Waals surface area contributed by atoms with Gasteiger partial charge in [0.05, 0.1) is 31.8 Å². The van der Waals surface area contributed by atoms with Gasteiger partial charge in [-0.05, 0) is 12.5 Å². The van der Waals surface area contributed by atoms with E-state index in [2.05, 4.69) is 0 Å². The van der Waals surface area contributed by atoms with Crippen molar-refractivity contribution in [2.45, 2.75) is 13.0 Å². The highest BCUT2D eigenvalue weighted by molar-refractivity contribution is 5.77. The van der Waals surface area contributed by atoms with Gasteiger partial charge in [-0.2, -0.15) is 10.5 Å². The standard InChI is InChI=1S/C14H15N3O2/c1-2-19-14(18)13(12-6-4-3-5-7-12)17(10-8-15)11-9-16/h3-7,13H,2,10-11H2,1H3. The lowest BCUT2D eigenvalue weighted by Crippen LogP contribution is -2.36. The minimum Gasteiger partial charge on any atom is -0.465 e. The normalized spacial score (nSPS) is 11.4. The molecule has 1 aromatic rings. The maximum Gasteiger partial charge on any atom is 0.328 e. The zero-order valence-corrected chi connectivity index (χ0v) is 10.7. The highest BCUT2D eigenvalue weighted by Gasteiger charge is 2.28. The van der Waals surface area contributed by atoms with Crippen LogP contribution in [0.3, 0.4) is 0 Å². The number of nitriles is 2. The number of hydrogen-bond donors (Lipinski definition) is 0. The molecular formula is C14H15N3O2. The number of carbonyl (C=O) groups is 1. The van der Waals surface area contributed by atoms with E-state index >= 15 is 0 Å². The third-order valence-electron chi connectivity index (χ3n) is 2.54. The van der Waals surface area contributed by atoms with Crippen LogP contribution in [-0.4, -0.2) is 30.6 Å². The first-order chi connectivity index (χ1) is 9.24. The Morgan fingerprint density at radius 3 is 2.32 bits per heavy atom. The Kier molecular flexibility index (Phi) is 6.08. The average molecular weight is 257 g/mol. The third-order valence-corrected chi connectivity index (χ3v) is 2.54. The van der Waals surface area contributed by atoms with Crippen LogP contribution in [-0.2, 0) is 9.53 Å². The van der Waals surface area contributed by atoms with Gasteiger partial charge < -0.3 is 4.74 Å². The van der Waals surface area contributed by atoms with Crippen LogP contribution >= 0.6 is 0 Å². The first-order valence-corrected chi connectivity index (χ1v) is 5.94. The smallest absolute Gasteiger partial charge is 0.328 e. The van der Waals surface area contributed by atoms with Crippen molar-refractivity contribution in [2.24, 2.45) is 0 Å². The second kappa shape index (κ2) is 7.86. The maximum atomic E-state index is 12.1. The summed E-state index contributed by atoms with van der Waals surface area (Å²) in [5, 5.41) is 17.6. The van der Waals surface area contributed by atoms with E-state index in [1.165, 1.54) is 4.90 Å². The van der Waals surface area contributed by atoms with Crippen molar-refractivity contribution in [3.05, 3.63) is 35.9 Å². The van der Waals surface area contributed by atoms with Gasteiger partial charge in [-0.25, -0.2) is 4.79 Å². The molecule has 19 heavy (non-hydrogen) atoms. The molecule has 1 rings (SSSR count). The van der Waals surface area contributed by atoms with E-state index < -0.39 is 12.0 Å². The molecule has 98 valence electrons. The molecule has 0 aliphatic rings. The fourth-order valence-electron chi connectivity index (χ4n) is 1.77. The minimum absolute atomic E-state index is 0.00800. The van der Waals surface area contributed by atoms with Gasteiger partial charge in [-0.15, -0.1) is 0 Å². The van der Waals surface area contributed by atoms with Crippen molar-refractivity contribution in [1.29, 1.82) is 10.5 Å². The summed E-state index contributed by atoms with van der Waals surface area (Å²) in [6.07, 6.45) is 0. The lowest BCUT2D eigenvalue weighted by Gasteiger charge is -2.25. The topological polar surface area (TPSA) is 77.1 Å². The average Bonchev–Trinajstić information content (AvgIpc) is 2.41. The molecule has 0 aliphatic carbocycles. The second-order valence-electron chi connectivity index (χ2n) is 3.79. The van der Waals surface area contributed by atoms with E-state index in [1.807, 2.05) is 18.2 Å². The second-order valence-corrected chi connectivity index (χ2v) is 3.79. The van der Waals surface area contributed by atoms with E-state index in [1.54, 1.807) is 31.2 Å². The summed E-state index contributed by atoms with van der Waals surface area (Å²) in [5.41, 5.74) is 0.714. The summed E-state index contributed by atoms with van der Waals surface area (Å²) in [5.74, 6) is -0.445. The molecule has 1 atom stereocenters. The van der Waals surface area contributed by atoms with Crippen molar-refractivity contribution >= 4 is 5.97 Å². The van der Waals surface area contributed by atoms with Crippen molar-refractivity contribution < 1.29 is 9.53 Å².